The summed E-state index contributed by atoms with van der Waals surface area (Å²) in [6.07, 6.45) is 0. The highest BCUT2D eigenvalue weighted by molar-refractivity contribution is 9.10. The number of hydrazine groups is 1. The van der Waals surface area contributed by atoms with Crippen molar-refractivity contribution < 1.29 is 9.59 Å². The van der Waals surface area contributed by atoms with Crippen LogP contribution in [0.1, 0.15) is 15.9 Å². The molecule has 0 spiro atoms. The molecule has 0 unspecified atom stereocenters. The Labute approximate surface area is 147 Å². The highest BCUT2D eigenvalue weighted by atomic mass is 79.9. The first-order valence-electron chi connectivity index (χ1n) is 6.84. The first-order chi connectivity index (χ1) is 11.0. The molecule has 0 aromatic heterocycles. The number of rotatable bonds is 6. The molecule has 0 fully saturated rings. The topological polar surface area (TPSA) is 70.2 Å². The summed E-state index contributed by atoms with van der Waals surface area (Å²) in [4.78, 5) is 23.5. The normalized spacial score (nSPS) is 10.2. The molecule has 2 aromatic carbocycles. The first-order valence-corrected chi connectivity index (χ1v) is 8.01. The van der Waals surface area contributed by atoms with E-state index in [1.54, 1.807) is 36.4 Å². The Kier molecular flexibility index (Phi) is 6.58. The fourth-order valence-electron chi connectivity index (χ4n) is 1.74. The number of carbonyl (C=O) groups excluding carboxylic acids is 2. The van der Waals surface area contributed by atoms with Crippen LogP contribution in [0, 0.1) is 0 Å². The third-order valence-electron chi connectivity index (χ3n) is 2.96. The van der Waals surface area contributed by atoms with Gasteiger partial charge >= 0.3 is 0 Å². The van der Waals surface area contributed by atoms with Crippen LogP contribution in [0.25, 0.3) is 0 Å². The Morgan fingerprint density at radius 2 is 1.65 bits per heavy atom. The lowest BCUT2D eigenvalue weighted by molar-refractivity contribution is -0.120. The molecule has 0 saturated carbocycles. The molecule has 23 heavy (non-hydrogen) atoms. The zero-order valence-electron chi connectivity index (χ0n) is 12.1. The van der Waals surface area contributed by atoms with E-state index in [2.05, 4.69) is 32.1 Å². The maximum Gasteiger partial charge on any atom is 0.265 e. The van der Waals surface area contributed by atoms with E-state index in [-0.39, 0.29) is 18.4 Å². The van der Waals surface area contributed by atoms with E-state index in [4.69, 9.17) is 11.6 Å². The van der Waals surface area contributed by atoms with Gasteiger partial charge in [-0.3, -0.25) is 15.0 Å². The van der Waals surface area contributed by atoms with E-state index in [0.717, 1.165) is 10.0 Å². The fourth-order valence-corrected chi connectivity index (χ4v) is 2.13. The van der Waals surface area contributed by atoms with Crippen LogP contribution < -0.4 is 16.2 Å². The van der Waals surface area contributed by atoms with Gasteiger partial charge in [0.2, 0.25) is 5.91 Å². The van der Waals surface area contributed by atoms with Crippen LogP contribution in [0.2, 0.25) is 5.02 Å². The van der Waals surface area contributed by atoms with Crippen molar-refractivity contribution in [3.8, 4) is 0 Å². The van der Waals surface area contributed by atoms with E-state index in [9.17, 15) is 9.59 Å². The van der Waals surface area contributed by atoms with Crippen molar-refractivity contribution in [2.75, 3.05) is 6.54 Å². The number of carbonyl (C=O) groups is 2. The lowest BCUT2D eigenvalue weighted by Gasteiger charge is -2.08. The summed E-state index contributed by atoms with van der Waals surface area (Å²) in [7, 11) is 0. The minimum absolute atomic E-state index is 0.0180. The minimum Gasteiger partial charge on any atom is -0.351 e. The van der Waals surface area contributed by atoms with E-state index in [1.165, 1.54) is 0 Å². The average Bonchev–Trinajstić information content (AvgIpc) is 2.55. The van der Waals surface area contributed by atoms with Gasteiger partial charge in [-0.15, -0.1) is 0 Å². The molecule has 0 aliphatic carbocycles. The standard InChI is InChI=1S/C16H15BrClN3O2/c17-13-5-3-12(4-6-13)16(23)21-20-10-15(22)19-9-11-1-7-14(18)8-2-11/h1-8,20H,9-10H2,(H,19,22)(H,21,23). The lowest BCUT2D eigenvalue weighted by atomic mass is 10.2. The monoisotopic (exact) mass is 395 g/mol. The summed E-state index contributed by atoms with van der Waals surface area (Å²) >= 11 is 9.09. The summed E-state index contributed by atoms with van der Waals surface area (Å²) < 4.78 is 0.892. The summed E-state index contributed by atoms with van der Waals surface area (Å²) in [5.41, 5.74) is 6.52. The van der Waals surface area contributed by atoms with Crippen molar-refractivity contribution in [3.63, 3.8) is 0 Å². The molecule has 2 aromatic rings. The smallest absolute Gasteiger partial charge is 0.265 e. The number of halogens is 2. The van der Waals surface area contributed by atoms with Gasteiger partial charge in [0, 0.05) is 21.6 Å². The third kappa shape index (κ3) is 6.02. The second kappa shape index (κ2) is 8.67. The van der Waals surface area contributed by atoms with Crippen molar-refractivity contribution in [2.24, 2.45) is 0 Å². The van der Waals surface area contributed by atoms with Gasteiger partial charge in [-0.25, -0.2) is 5.43 Å². The summed E-state index contributed by atoms with van der Waals surface area (Å²) in [6, 6.07) is 14.1. The van der Waals surface area contributed by atoms with E-state index in [0.29, 0.717) is 17.1 Å². The molecule has 0 aliphatic heterocycles. The second-order valence-electron chi connectivity index (χ2n) is 4.72. The number of benzene rings is 2. The number of nitrogens with one attached hydrogen (secondary N) is 3. The average molecular weight is 397 g/mol. The van der Waals surface area contributed by atoms with Gasteiger partial charge in [0.25, 0.3) is 5.91 Å². The Hall–Kier alpha value is -1.89. The van der Waals surface area contributed by atoms with Crippen LogP contribution in [0.15, 0.2) is 53.0 Å². The van der Waals surface area contributed by atoms with Crippen LogP contribution in [-0.4, -0.2) is 18.4 Å². The molecule has 3 N–H and O–H groups in total. The number of hydrogen-bond acceptors (Lipinski definition) is 3. The quantitative estimate of drug-likeness (QED) is 0.658. The highest BCUT2D eigenvalue weighted by Gasteiger charge is 2.06. The van der Waals surface area contributed by atoms with Crippen molar-refractivity contribution in [1.29, 1.82) is 0 Å². The summed E-state index contributed by atoms with van der Waals surface area (Å²) in [5, 5.41) is 3.39. The molecule has 0 saturated heterocycles. The molecule has 7 heteroatoms. The maximum absolute atomic E-state index is 11.8. The molecule has 0 radical (unpaired) electrons. The fraction of sp³-hybridized carbons (Fsp3) is 0.125. The Bertz CT molecular complexity index is 675. The molecule has 0 atom stereocenters. The predicted octanol–water partition coefficient (Wildman–Crippen LogP) is 2.65. The Balaban J connectivity index is 1.69. The van der Waals surface area contributed by atoms with Crippen molar-refractivity contribution in [2.45, 2.75) is 6.54 Å². The molecule has 2 rings (SSSR count). The Morgan fingerprint density at radius 1 is 1.00 bits per heavy atom. The van der Waals surface area contributed by atoms with E-state index >= 15 is 0 Å². The zero-order valence-corrected chi connectivity index (χ0v) is 14.4. The molecule has 2 amide bonds. The zero-order chi connectivity index (χ0) is 16.7. The lowest BCUT2D eigenvalue weighted by Crippen LogP contribution is -2.43. The maximum atomic E-state index is 11.8. The van der Waals surface area contributed by atoms with Crippen LogP contribution in [0.3, 0.4) is 0 Å². The second-order valence-corrected chi connectivity index (χ2v) is 6.07. The van der Waals surface area contributed by atoms with Crippen LogP contribution in [0.5, 0.6) is 0 Å². The van der Waals surface area contributed by atoms with Crippen molar-refractivity contribution >= 4 is 39.3 Å². The SMILES string of the molecule is O=C(CNNC(=O)c1ccc(Br)cc1)NCc1ccc(Cl)cc1. The van der Waals surface area contributed by atoms with Gasteiger partial charge in [0.15, 0.2) is 0 Å². The summed E-state index contributed by atoms with van der Waals surface area (Å²) in [5.74, 6) is -0.529. The molecular formula is C16H15BrClN3O2. The van der Waals surface area contributed by atoms with Crippen molar-refractivity contribution in [1.82, 2.24) is 16.2 Å². The predicted molar refractivity (Wildman–Crippen MR) is 92.9 cm³/mol. The van der Waals surface area contributed by atoms with Crippen molar-refractivity contribution in [3.05, 3.63) is 69.2 Å². The van der Waals surface area contributed by atoms with Gasteiger partial charge in [-0.2, -0.15) is 0 Å². The summed E-state index contributed by atoms with van der Waals surface area (Å²) in [6.45, 7) is 0.383. The largest absolute Gasteiger partial charge is 0.351 e. The minimum atomic E-state index is -0.303. The van der Waals surface area contributed by atoms with Gasteiger partial charge in [0.05, 0.1) is 6.54 Å². The molecular weight excluding hydrogens is 382 g/mol. The molecule has 0 aliphatic rings. The highest BCUT2D eigenvalue weighted by Crippen LogP contribution is 2.10. The van der Waals surface area contributed by atoms with Crippen LogP contribution in [-0.2, 0) is 11.3 Å². The van der Waals surface area contributed by atoms with Gasteiger partial charge in [0.1, 0.15) is 0 Å². The first kappa shape index (κ1) is 17.5. The Morgan fingerprint density at radius 3 is 2.30 bits per heavy atom. The van der Waals surface area contributed by atoms with E-state index in [1.807, 2.05) is 12.1 Å². The molecule has 120 valence electrons. The van der Waals surface area contributed by atoms with Gasteiger partial charge in [-0.1, -0.05) is 39.7 Å². The molecule has 0 bridgehead atoms. The molecule has 5 nitrogen and oxygen atoms in total. The van der Waals surface area contributed by atoms with E-state index < -0.39 is 0 Å². The van der Waals surface area contributed by atoms with Gasteiger partial charge in [-0.05, 0) is 42.0 Å². The third-order valence-corrected chi connectivity index (χ3v) is 3.74. The number of amides is 2. The number of hydrogen-bond donors (Lipinski definition) is 3. The van der Waals surface area contributed by atoms with Crippen LogP contribution in [0.4, 0.5) is 0 Å². The van der Waals surface area contributed by atoms with Crippen LogP contribution >= 0.6 is 27.5 Å². The van der Waals surface area contributed by atoms with Gasteiger partial charge < -0.3 is 5.32 Å². The molecule has 0 heterocycles.